The zero-order valence-corrected chi connectivity index (χ0v) is 19.6. The van der Waals surface area contributed by atoms with Crippen LogP contribution in [0.3, 0.4) is 0 Å². The minimum absolute atomic E-state index is 0. The van der Waals surface area contributed by atoms with Crippen LogP contribution < -0.4 is 10.2 Å². The molecule has 0 aliphatic carbocycles. The molecule has 0 radical (unpaired) electrons. The second-order valence-electron chi connectivity index (χ2n) is 6.50. The Bertz CT molecular complexity index is 723. The highest BCUT2D eigenvalue weighted by Gasteiger charge is 2.19. The quantitative estimate of drug-likeness (QED) is 0.388. The molecule has 0 atom stereocenters. The molecule has 7 heteroatoms. The summed E-state index contributed by atoms with van der Waals surface area (Å²) in [4.78, 5) is 15.3. The lowest BCUT2D eigenvalue weighted by Gasteiger charge is -2.37. The van der Waals surface area contributed by atoms with Gasteiger partial charge in [-0.1, -0.05) is 25.1 Å². The van der Waals surface area contributed by atoms with Crippen LogP contribution in [0.1, 0.15) is 22.5 Å². The summed E-state index contributed by atoms with van der Waals surface area (Å²) in [6.07, 6.45) is 1.97. The highest BCUT2D eigenvalue weighted by atomic mass is 127. The predicted molar refractivity (Wildman–Crippen MR) is 127 cm³/mol. The van der Waals surface area contributed by atoms with E-state index in [1.54, 1.807) is 0 Å². The molecule has 0 saturated carbocycles. The van der Waals surface area contributed by atoms with Gasteiger partial charge in [0.1, 0.15) is 0 Å². The molecular formula is C20H30IN5S. The number of hydrogen-bond donors (Lipinski definition) is 1. The predicted octanol–water partition coefficient (Wildman–Crippen LogP) is 3.57. The van der Waals surface area contributed by atoms with Crippen LogP contribution >= 0.6 is 35.3 Å². The van der Waals surface area contributed by atoms with Crippen LogP contribution in [0.2, 0.25) is 0 Å². The maximum atomic E-state index is 4.73. The van der Waals surface area contributed by atoms with E-state index in [0.717, 1.165) is 51.5 Å². The number of piperazine rings is 1. The molecule has 1 aliphatic heterocycles. The molecule has 1 aromatic carbocycles. The van der Waals surface area contributed by atoms with Crippen LogP contribution in [-0.2, 0) is 12.8 Å². The average Bonchev–Trinajstić information content (AvgIpc) is 3.06. The molecule has 0 amide bonds. The molecule has 1 N–H and O–H groups in total. The van der Waals surface area contributed by atoms with Gasteiger partial charge in [-0.05, 0) is 25.5 Å². The second kappa shape index (κ2) is 10.8. The Morgan fingerprint density at radius 2 is 1.89 bits per heavy atom. The van der Waals surface area contributed by atoms with Crippen molar-refractivity contribution in [3.8, 4) is 0 Å². The molecule has 148 valence electrons. The number of guanidine groups is 1. The van der Waals surface area contributed by atoms with Gasteiger partial charge in [0.05, 0.1) is 10.7 Å². The first-order valence-corrected chi connectivity index (χ1v) is 10.2. The summed E-state index contributed by atoms with van der Waals surface area (Å²) in [6, 6.07) is 10.6. The number of hydrogen-bond acceptors (Lipinski definition) is 4. The van der Waals surface area contributed by atoms with Crippen molar-refractivity contribution in [1.29, 1.82) is 0 Å². The van der Waals surface area contributed by atoms with E-state index in [2.05, 4.69) is 64.3 Å². The Morgan fingerprint density at radius 3 is 2.48 bits per heavy atom. The van der Waals surface area contributed by atoms with Gasteiger partial charge < -0.3 is 15.1 Å². The lowest BCUT2D eigenvalue weighted by Crippen LogP contribution is -2.52. The summed E-state index contributed by atoms with van der Waals surface area (Å²) in [6.45, 7) is 9.24. The van der Waals surface area contributed by atoms with E-state index in [9.17, 15) is 0 Å². The third-order valence-electron chi connectivity index (χ3n) is 4.81. The van der Waals surface area contributed by atoms with Gasteiger partial charge in [-0.2, -0.15) is 0 Å². The number of aromatic nitrogens is 1. The first kappa shape index (κ1) is 21.9. The van der Waals surface area contributed by atoms with Crippen molar-refractivity contribution in [1.82, 2.24) is 15.2 Å². The van der Waals surface area contributed by atoms with Crippen LogP contribution in [0.15, 0.2) is 35.3 Å². The molecule has 5 nitrogen and oxygen atoms in total. The van der Waals surface area contributed by atoms with E-state index >= 15 is 0 Å². The Hall–Kier alpha value is -1.35. The molecular weight excluding hydrogens is 469 g/mol. The van der Waals surface area contributed by atoms with E-state index in [4.69, 9.17) is 4.98 Å². The van der Waals surface area contributed by atoms with Gasteiger partial charge in [0, 0.05) is 56.8 Å². The average molecular weight is 499 g/mol. The standard InChI is InChI=1S/C20H29N5S.HI/c1-4-18-16(2)26-19(23-18)10-11-22-20(21-3)25-14-12-24(13-15-25)17-8-6-5-7-9-17;/h5-9H,4,10-15H2,1-3H3,(H,21,22);1H. The summed E-state index contributed by atoms with van der Waals surface area (Å²) < 4.78 is 0. The monoisotopic (exact) mass is 499 g/mol. The van der Waals surface area contributed by atoms with Gasteiger partial charge in [0.25, 0.3) is 0 Å². The fraction of sp³-hybridized carbons (Fsp3) is 0.500. The lowest BCUT2D eigenvalue weighted by atomic mass is 10.2. The molecule has 1 aromatic heterocycles. The Balaban J connectivity index is 0.00000261. The maximum absolute atomic E-state index is 4.73. The van der Waals surface area contributed by atoms with Crippen molar-refractivity contribution in [3.05, 3.63) is 45.9 Å². The third kappa shape index (κ3) is 5.81. The number of para-hydroxylation sites is 1. The van der Waals surface area contributed by atoms with Crippen molar-refractivity contribution in [2.45, 2.75) is 26.7 Å². The van der Waals surface area contributed by atoms with Crippen LogP contribution in [0, 0.1) is 6.92 Å². The minimum atomic E-state index is 0. The normalized spacial score (nSPS) is 14.9. The zero-order valence-electron chi connectivity index (χ0n) is 16.4. The number of nitrogens with zero attached hydrogens (tertiary/aromatic N) is 4. The number of halogens is 1. The zero-order chi connectivity index (χ0) is 18.4. The fourth-order valence-corrected chi connectivity index (χ4v) is 4.37. The number of anilines is 1. The molecule has 1 saturated heterocycles. The number of benzene rings is 1. The van der Waals surface area contributed by atoms with Crippen LogP contribution in [0.25, 0.3) is 0 Å². The van der Waals surface area contributed by atoms with E-state index in [0.29, 0.717) is 0 Å². The number of thiazole rings is 1. The summed E-state index contributed by atoms with van der Waals surface area (Å²) in [5, 5.41) is 4.73. The van der Waals surface area contributed by atoms with Gasteiger partial charge in [0.2, 0.25) is 0 Å². The third-order valence-corrected chi connectivity index (χ3v) is 5.88. The molecule has 2 heterocycles. The van der Waals surface area contributed by atoms with Crippen molar-refractivity contribution in [3.63, 3.8) is 0 Å². The van der Waals surface area contributed by atoms with Gasteiger partial charge in [-0.25, -0.2) is 4.98 Å². The Labute approximate surface area is 183 Å². The molecule has 0 bridgehead atoms. The van der Waals surface area contributed by atoms with E-state index in [1.807, 2.05) is 18.4 Å². The SMILES string of the molecule is CCc1nc(CCNC(=NC)N2CCN(c3ccccc3)CC2)sc1C.I. The lowest BCUT2D eigenvalue weighted by molar-refractivity contribution is 0.373. The topological polar surface area (TPSA) is 43.8 Å². The summed E-state index contributed by atoms with van der Waals surface area (Å²) in [5.41, 5.74) is 2.55. The first-order valence-electron chi connectivity index (χ1n) is 9.42. The highest BCUT2D eigenvalue weighted by Crippen LogP contribution is 2.18. The van der Waals surface area contributed by atoms with Crippen molar-refractivity contribution in [2.75, 3.05) is 44.7 Å². The molecule has 1 fully saturated rings. The number of aryl methyl sites for hydroxylation is 2. The molecule has 3 rings (SSSR count). The number of rotatable bonds is 5. The second-order valence-corrected chi connectivity index (χ2v) is 7.79. The maximum Gasteiger partial charge on any atom is 0.193 e. The summed E-state index contributed by atoms with van der Waals surface area (Å²) >= 11 is 1.82. The van der Waals surface area contributed by atoms with Crippen LogP contribution in [0.5, 0.6) is 0 Å². The van der Waals surface area contributed by atoms with E-state index < -0.39 is 0 Å². The Morgan fingerprint density at radius 1 is 1.19 bits per heavy atom. The number of aliphatic imine (C=N–C) groups is 1. The van der Waals surface area contributed by atoms with Crippen LogP contribution in [0.4, 0.5) is 5.69 Å². The van der Waals surface area contributed by atoms with Crippen molar-refractivity contribution < 1.29 is 0 Å². The van der Waals surface area contributed by atoms with Gasteiger partial charge in [-0.3, -0.25) is 4.99 Å². The number of nitrogens with one attached hydrogen (secondary N) is 1. The summed E-state index contributed by atoms with van der Waals surface area (Å²) in [7, 11) is 1.87. The minimum Gasteiger partial charge on any atom is -0.368 e. The Kier molecular flexibility index (Phi) is 8.82. The molecule has 0 unspecified atom stereocenters. The summed E-state index contributed by atoms with van der Waals surface area (Å²) in [5.74, 6) is 1.00. The smallest absolute Gasteiger partial charge is 0.193 e. The largest absolute Gasteiger partial charge is 0.368 e. The molecule has 27 heavy (non-hydrogen) atoms. The first-order chi connectivity index (χ1) is 12.7. The molecule has 1 aliphatic rings. The molecule has 0 spiro atoms. The van der Waals surface area contributed by atoms with Crippen LogP contribution in [-0.4, -0.2) is 55.6 Å². The fourth-order valence-electron chi connectivity index (χ4n) is 3.35. The highest BCUT2D eigenvalue weighted by molar-refractivity contribution is 14.0. The van der Waals surface area contributed by atoms with E-state index in [1.165, 1.54) is 21.3 Å². The van der Waals surface area contributed by atoms with Gasteiger partial charge in [0.15, 0.2) is 5.96 Å². The van der Waals surface area contributed by atoms with Gasteiger partial charge in [-0.15, -0.1) is 35.3 Å². The van der Waals surface area contributed by atoms with Crippen molar-refractivity contribution in [2.24, 2.45) is 4.99 Å². The molecule has 2 aromatic rings. The van der Waals surface area contributed by atoms with E-state index in [-0.39, 0.29) is 24.0 Å². The van der Waals surface area contributed by atoms with Crippen molar-refractivity contribution >= 4 is 47.0 Å². The van der Waals surface area contributed by atoms with Gasteiger partial charge >= 0.3 is 0 Å².